The van der Waals surface area contributed by atoms with E-state index < -0.39 is 0 Å². The summed E-state index contributed by atoms with van der Waals surface area (Å²) in [6.07, 6.45) is 3.98. The normalized spacial score (nSPS) is 11.6. The first-order valence-corrected chi connectivity index (χ1v) is 16.8. The lowest BCUT2D eigenvalue weighted by Gasteiger charge is -2.12. The number of aromatic nitrogens is 5. The Balaban J connectivity index is 1.09. The molecule has 0 saturated heterocycles. The fraction of sp³-hybridized carbons (Fsp3) is 0. The van der Waals surface area contributed by atoms with E-state index in [4.69, 9.17) is 9.97 Å². The Labute approximate surface area is 288 Å². The van der Waals surface area contributed by atoms with E-state index in [0.29, 0.717) is 5.82 Å². The first-order chi connectivity index (χ1) is 24.8. The van der Waals surface area contributed by atoms with E-state index in [9.17, 15) is 0 Å². The summed E-state index contributed by atoms with van der Waals surface area (Å²) in [4.78, 5) is 14.7. The van der Waals surface area contributed by atoms with Crippen molar-refractivity contribution in [2.45, 2.75) is 0 Å². The molecule has 5 heteroatoms. The van der Waals surface area contributed by atoms with Crippen molar-refractivity contribution >= 4 is 43.6 Å². The molecule has 0 fully saturated rings. The van der Waals surface area contributed by atoms with Gasteiger partial charge in [-0.3, -0.25) is 4.98 Å². The fourth-order valence-electron chi connectivity index (χ4n) is 7.21. The Morgan fingerprint density at radius 3 is 1.98 bits per heavy atom. The molecule has 0 atom stereocenters. The zero-order valence-electron chi connectivity index (χ0n) is 27.0. The number of hydrogen-bond donors (Lipinski definition) is 0. The van der Waals surface area contributed by atoms with Crippen molar-refractivity contribution in [3.8, 4) is 45.3 Å². The highest BCUT2D eigenvalue weighted by molar-refractivity contribution is 6.13. The van der Waals surface area contributed by atoms with Crippen LogP contribution in [0.5, 0.6) is 0 Å². The van der Waals surface area contributed by atoms with Gasteiger partial charge >= 0.3 is 0 Å². The molecule has 10 aromatic rings. The van der Waals surface area contributed by atoms with Gasteiger partial charge in [-0.2, -0.15) is 0 Å². The molecule has 0 N–H and O–H groups in total. The number of rotatable bonds is 5. The second kappa shape index (κ2) is 11.4. The van der Waals surface area contributed by atoms with Gasteiger partial charge in [0, 0.05) is 62.0 Å². The molecule has 4 aromatic heterocycles. The SMILES string of the molecule is c1ccc(-n2ccc3cc4c5ccccc5n(-c5ccc(-c6nc(-c7ccc(-c8ccccn8)cc7)c7ccccc7n6)cc5)c4cc32)cc1. The second-order valence-electron chi connectivity index (χ2n) is 12.6. The van der Waals surface area contributed by atoms with Gasteiger partial charge in [0.15, 0.2) is 5.82 Å². The molecule has 0 amide bonds. The first-order valence-electron chi connectivity index (χ1n) is 16.8. The molecule has 0 bridgehead atoms. The van der Waals surface area contributed by atoms with E-state index in [1.807, 2.05) is 36.5 Å². The van der Waals surface area contributed by atoms with E-state index in [2.05, 4.69) is 154 Å². The van der Waals surface area contributed by atoms with E-state index in [1.165, 1.54) is 32.7 Å². The number of pyridine rings is 1. The Bertz CT molecular complexity index is 2830. The van der Waals surface area contributed by atoms with Gasteiger partial charge in [0.25, 0.3) is 0 Å². The molecule has 5 nitrogen and oxygen atoms in total. The third kappa shape index (κ3) is 4.60. The van der Waals surface area contributed by atoms with Crippen molar-refractivity contribution in [1.82, 2.24) is 24.1 Å². The van der Waals surface area contributed by atoms with Gasteiger partial charge < -0.3 is 9.13 Å². The zero-order chi connectivity index (χ0) is 33.0. The van der Waals surface area contributed by atoms with Gasteiger partial charge in [-0.1, -0.05) is 84.9 Å². The van der Waals surface area contributed by atoms with Gasteiger partial charge in [-0.15, -0.1) is 0 Å². The van der Waals surface area contributed by atoms with Gasteiger partial charge in [0.1, 0.15) is 0 Å². The van der Waals surface area contributed by atoms with Crippen molar-refractivity contribution in [2.24, 2.45) is 0 Å². The Morgan fingerprint density at radius 2 is 1.16 bits per heavy atom. The summed E-state index contributed by atoms with van der Waals surface area (Å²) < 4.78 is 4.63. The van der Waals surface area contributed by atoms with Crippen LogP contribution >= 0.6 is 0 Å². The van der Waals surface area contributed by atoms with E-state index in [-0.39, 0.29) is 0 Å². The lowest BCUT2D eigenvalue weighted by molar-refractivity contribution is 1.12. The van der Waals surface area contributed by atoms with Gasteiger partial charge in [-0.05, 0) is 78.9 Å². The summed E-state index contributed by atoms with van der Waals surface area (Å²) in [5.41, 5.74) is 11.6. The third-order valence-corrected chi connectivity index (χ3v) is 9.62. The minimum absolute atomic E-state index is 0.698. The van der Waals surface area contributed by atoms with Crippen molar-refractivity contribution < 1.29 is 0 Å². The average molecular weight is 640 g/mol. The number of fused-ring (bicyclic) bond motifs is 5. The van der Waals surface area contributed by atoms with Crippen LogP contribution in [0.15, 0.2) is 176 Å². The fourth-order valence-corrected chi connectivity index (χ4v) is 7.21. The Hall–Kier alpha value is -6.85. The topological polar surface area (TPSA) is 48.5 Å². The van der Waals surface area contributed by atoms with Crippen LogP contribution < -0.4 is 0 Å². The van der Waals surface area contributed by atoms with Crippen molar-refractivity contribution in [3.05, 3.63) is 176 Å². The molecule has 0 aliphatic carbocycles. The van der Waals surface area contributed by atoms with Crippen molar-refractivity contribution in [2.75, 3.05) is 0 Å². The van der Waals surface area contributed by atoms with Crippen LogP contribution in [0, 0.1) is 0 Å². The summed E-state index contributed by atoms with van der Waals surface area (Å²) in [5.74, 6) is 0.698. The minimum Gasteiger partial charge on any atom is -0.316 e. The highest BCUT2D eigenvalue weighted by Crippen LogP contribution is 2.37. The molecular formula is C45H29N5. The van der Waals surface area contributed by atoms with Crippen LogP contribution in [0.25, 0.3) is 88.9 Å². The summed E-state index contributed by atoms with van der Waals surface area (Å²) in [6.45, 7) is 0. The number of nitrogens with zero attached hydrogens (tertiary/aromatic N) is 5. The highest BCUT2D eigenvalue weighted by atomic mass is 15.0. The maximum Gasteiger partial charge on any atom is 0.160 e. The number of hydrogen-bond acceptors (Lipinski definition) is 3. The summed E-state index contributed by atoms with van der Waals surface area (Å²) in [6, 6.07) is 57.3. The van der Waals surface area contributed by atoms with E-state index >= 15 is 0 Å². The third-order valence-electron chi connectivity index (χ3n) is 9.62. The first kappa shape index (κ1) is 28.2. The molecule has 0 radical (unpaired) electrons. The molecule has 0 unspecified atom stereocenters. The minimum atomic E-state index is 0.698. The molecule has 0 spiro atoms. The van der Waals surface area contributed by atoms with Crippen LogP contribution in [0.2, 0.25) is 0 Å². The van der Waals surface area contributed by atoms with Gasteiger partial charge in [0.05, 0.1) is 33.5 Å². The Kier molecular flexibility index (Phi) is 6.42. The lowest BCUT2D eigenvalue weighted by Crippen LogP contribution is -1.97. The molecule has 0 saturated carbocycles. The van der Waals surface area contributed by atoms with E-state index in [0.717, 1.165) is 50.4 Å². The number of para-hydroxylation sites is 3. The molecule has 234 valence electrons. The number of benzene rings is 6. The molecule has 50 heavy (non-hydrogen) atoms. The molecule has 0 aliphatic heterocycles. The monoisotopic (exact) mass is 639 g/mol. The summed E-state index contributed by atoms with van der Waals surface area (Å²) in [7, 11) is 0. The average Bonchev–Trinajstić information content (AvgIpc) is 3.76. The van der Waals surface area contributed by atoms with Crippen LogP contribution in [0.3, 0.4) is 0 Å². The summed E-state index contributed by atoms with van der Waals surface area (Å²) in [5, 5.41) is 4.71. The van der Waals surface area contributed by atoms with Crippen LogP contribution in [0.1, 0.15) is 0 Å². The molecule has 0 aliphatic rings. The predicted octanol–water partition coefficient (Wildman–Crippen LogP) is 11.1. The lowest BCUT2D eigenvalue weighted by atomic mass is 10.0. The van der Waals surface area contributed by atoms with Crippen LogP contribution in [0.4, 0.5) is 0 Å². The molecule has 6 aromatic carbocycles. The van der Waals surface area contributed by atoms with Crippen molar-refractivity contribution in [3.63, 3.8) is 0 Å². The van der Waals surface area contributed by atoms with E-state index in [1.54, 1.807) is 0 Å². The standard InChI is InChI=1S/C45H29N5/c1-2-10-34(11-3-1)49-27-25-33-28-38-36-12-5-7-16-41(36)50(43(38)29-42(33)49)35-23-21-32(22-24-35)45-47-40-15-6-4-13-37(40)44(48-45)31-19-17-30(18-20-31)39-14-8-9-26-46-39/h1-29H. The zero-order valence-corrected chi connectivity index (χ0v) is 27.0. The predicted molar refractivity (Wildman–Crippen MR) is 205 cm³/mol. The van der Waals surface area contributed by atoms with Crippen LogP contribution in [-0.2, 0) is 0 Å². The summed E-state index contributed by atoms with van der Waals surface area (Å²) >= 11 is 0. The molecule has 10 rings (SSSR count). The maximum absolute atomic E-state index is 5.17. The van der Waals surface area contributed by atoms with Crippen LogP contribution in [-0.4, -0.2) is 24.1 Å². The Morgan fingerprint density at radius 1 is 0.440 bits per heavy atom. The van der Waals surface area contributed by atoms with Gasteiger partial charge in [-0.25, -0.2) is 9.97 Å². The smallest absolute Gasteiger partial charge is 0.160 e. The largest absolute Gasteiger partial charge is 0.316 e. The highest BCUT2D eigenvalue weighted by Gasteiger charge is 2.16. The quantitative estimate of drug-likeness (QED) is 0.188. The maximum atomic E-state index is 5.17. The van der Waals surface area contributed by atoms with Gasteiger partial charge in [0.2, 0.25) is 0 Å². The molecule has 4 heterocycles. The van der Waals surface area contributed by atoms with Crippen molar-refractivity contribution in [1.29, 1.82) is 0 Å². The molecular weight excluding hydrogens is 611 g/mol. The second-order valence-corrected chi connectivity index (χ2v) is 12.6.